The highest BCUT2D eigenvalue weighted by Gasteiger charge is 2.38. The van der Waals surface area contributed by atoms with Crippen molar-refractivity contribution in [3.8, 4) is 11.5 Å². The van der Waals surface area contributed by atoms with Crippen molar-refractivity contribution >= 4 is 39.0 Å². The summed E-state index contributed by atoms with van der Waals surface area (Å²) < 4.78 is 11.9. The van der Waals surface area contributed by atoms with Gasteiger partial charge in [-0.05, 0) is 44.1 Å². The van der Waals surface area contributed by atoms with Crippen molar-refractivity contribution in [2.75, 3.05) is 20.8 Å². The van der Waals surface area contributed by atoms with Gasteiger partial charge >= 0.3 is 0 Å². The first-order chi connectivity index (χ1) is 12.0. The van der Waals surface area contributed by atoms with Gasteiger partial charge in [-0.15, -0.1) is 0 Å². The Hall–Kier alpha value is -1.60. The number of carbonyl (C=O) groups excluding carboxylic acids is 1. The Labute approximate surface area is 161 Å². The van der Waals surface area contributed by atoms with E-state index >= 15 is 0 Å². The first-order valence-corrected chi connectivity index (χ1v) is 9.47. The number of ether oxygens (including phenoxy) is 2. The van der Waals surface area contributed by atoms with Crippen LogP contribution in [-0.2, 0) is 4.79 Å². The topological polar surface area (TPSA) is 50.8 Å². The first-order valence-electron chi connectivity index (χ1n) is 8.27. The van der Waals surface area contributed by atoms with E-state index in [1.165, 1.54) is 0 Å². The monoisotopic (exact) mass is 424 g/mol. The zero-order valence-electron chi connectivity index (χ0n) is 14.5. The predicted octanol–water partition coefficient (Wildman–Crippen LogP) is 3.72. The van der Waals surface area contributed by atoms with E-state index < -0.39 is 0 Å². The van der Waals surface area contributed by atoms with Gasteiger partial charge in [0.2, 0.25) is 0 Å². The molecule has 0 bridgehead atoms. The summed E-state index contributed by atoms with van der Waals surface area (Å²) in [4.78, 5) is 14.8. The molecular formula is C18H21BrN2O3S. The number of Topliss-reactive ketones (excluding diaryl/α,β-unsaturated/α-hetero) is 1. The molecule has 1 aromatic carbocycles. The lowest BCUT2D eigenvalue weighted by Crippen LogP contribution is -2.49. The number of nitrogens with one attached hydrogen (secondary N) is 1. The number of carbonyl (C=O) groups is 1. The van der Waals surface area contributed by atoms with E-state index in [4.69, 9.17) is 21.7 Å². The van der Waals surface area contributed by atoms with Gasteiger partial charge in [0.05, 0.1) is 20.3 Å². The molecule has 1 aromatic rings. The maximum atomic E-state index is 12.8. The molecule has 5 nitrogen and oxygen atoms in total. The molecule has 0 saturated carbocycles. The van der Waals surface area contributed by atoms with Gasteiger partial charge in [-0.1, -0.05) is 15.9 Å². The van der Waals surface area contributed by atoms with Gasteiger partial charge in [0.15, 0.2) is 22.4 Å². The maximum absolute atomic E-state index is 12.8. The lowest BCUT2D eigenvalue weighted by Gasteiger charge is -2.40. The zero-order valence-corrected chi connectivity index (χ0v) is 16.9. The van der Waals surface area contributed by atoms with E-state index in [0.29, 0.717) is 23.0 Å². The van der Waals surface area contributed by atoms with Crippen molar-refractivity contribution in [2.45, 2.75) is 32.2 Å². The van der Waals surface area contributed by atoms with Gasteiger partial charge in [-0.2, -0.15) is 0 Å². The summed E-state index contributed by atoms with van der Waals surface area (Å²) in [5, 5.41) is 3.98. The minimum Gasteiger partial charge on any atom is -0.493 e. The Bertz CT molecular complexity index is 763. The fourth-order valence-corrected chi connectivity index (χ4v) is 4.40. The number of ketones is 1. The second-order valence-electron chi connectivity index (χ2n) is 5.99. The molecule has 1 atom stereocenters. The quantitative estimate of drug-likeness (QED) is 0.743. The first kappa shape index (κ1) is 18.2. The van der Waals surface area contributed by atoms with E-state index in [1.54, 1.807) is 14.2 Å². The van der Waals surface area contributed by atoms with E-state index in [0.717, 1.165) is 40.7 Å². The largest absolute Gasteiger partial charge is 0.493 e. The van der Waals surface area contributed by atoms with Crippen LogP contribution in [0.5, 0.6) is 11.5 Å². The Morgan fingerprint density at radius 2 is 2.08 bits per heavy atom. The maximum Gasteiger partial charge on any atom is 0.173 e. The molecule has 0 amide bonds. The van der Waals surface area contributed by atoms with Gasteiger partial charge in [-0.25, -0.2) is 0 Å². The van der Waals surface area contributed by atoms with Crippen LogP contribution < -0.4 is 14.8 Å². The number of nitrogens with zero attached hydrogens (tertiary/aromatic N) is 1. The lowest BCUT2D eigenvalue weighted by atomic mass is 9.84. The number of hydrogen-bond donors (Lipinski definition) is 1. The summed E-state index contributed by atoms with van der Waals surface area (Å²) in [5.41, 5.74) is 2.67. The van der Waals surface area contributed by atoms with Gasteiger partial charge in [0.25, 0.3) is 0 Å². The molecule has 0 fully saturated rings. The number of thiocarbonyl (C=S) groups is 1. The molecule has 1 aliphatic carbocycles. The molecule has 2 aliphatic rings. The highest BCUT2D eigenvalue weighted by molar-refractivity contribution is 9.10. The molecule has 0 aromatic heterocycles. The lowest BCUT2D eigenvalue weighted by molar-refractivity contribution is -0.116. The fraction of sp³-hybridized carbons (Fsp3) is 0.444. The van der Waals surface area contributed by atoms with Crippen LogP contribution in [0.1, 0.15) is 37.8 Å². The number of benzene rings is 1. The average Bonchev–Trinajstić information content (AvgIpc) is 2.60. The third-order valence-corrected chi connectivity index (χ3v) is 5.45. The van der Waals surface area contributed by atoms with Crippen molar-refractivity contribution in [1.82, 2.24) is 10.2 Å². The van der Waals surface area contributed by atoms with E-state index in [-0.39, 0.29) is 11.8 Å². The van der Waals surface area contributed by atoms with Crippen LogP contribution >= 0.6 is 28.1 Å². The normalized spacial score (nSPS) is 20.3. The molecule has 134 valence electrons. The molecule has 3 rings (SSSR count). The summed E-state index contributed by atoms with van der Waals surface area (Å²) in [7, 11) is 3.20. The smallest absolute Gasteiger partial charge is 0.173 e. The van der Waals surface area contributed by atoms with E-state index in [1.807, 2.05) is 24.0 Å². The minimum atomic E-state index is -0.334. The zero-order chi connectivity index (χ0) is 18.1. The van der Waals surface area contributed by atoms with Crippen LogP contribution in [0, 0.1) is 0 Å². The second kappa shape index (κ2) is 7.33. The highest BCUT2D eigenvalue weighted by Crippen LogP contribution is 2.44. The Kier molecular flexibility index (Phi) is 5.34. The molecule has 1 unspecified atom stereocenters. The van der Waals surface area contributed by atoms with E-state index in [9.17, 15) is 4.79 Å². The Balaban J connectivity index is 2.21. The molecule has 1 N–H and O–H groups in total. The number of hydrogen-bond acceptors (Lipinski definition) is 4. The molecule has 0 spiro atoms. The summed E-state index contributed by atoms with van der Waals surface area (Å²) in [6, 6.07) is 3.47. The number of halogens is 1. The summed E-state index contributed by atoms with van der Waals surface area (Å²) in [6.07, 6.45) is 2.29. The van der Waals surface area contributed by atoms with Crippen molar-refractivity contribution < 1.29 is 14.3 Å². The average molecular weight is 425 g/mol. The summed E-state index contributed by atoms with van der Waals surface area (Å²) in [5.74, 6) is 1.39. The second-order valence-corrected chi connectivity index (χ2v) is 7.30. The van der Waals surface area contributed by atoms with Crippen LogP contribution in [-0.4, -0.2) is 36.6 Å². The van der Waals surface area contributed by atoms with Gasteiger partial charge in [0, 0.05) is 34.3 Å². The fourth-order valence-electron chi connectivity index (χ4n) is 3.59. The molecule has 25 heavy (non-hydrogen) atoms. The van der Waals surface area contributed by atoms with Gasteiger partial charge in [-0.3, -0.25) is 4.79 Å². The van der Waals surface area contributed by atoms with Crippen LogP contribution in [0.25, 0.3) is 0 Å². The summed E-state index contributed by atoms with van der Waals surface area (Å²) in [6.45, 7) is 2.78. The number of rotatable bonds is 4. The molecular weight excluding hydrogens is 404 g/mol. The van der Waals surface area contributed by atoms with Crippen LogP contribution in [0.4, 0.5) is 0 Å². The van der Waals surface area contributed by atoms with Crippen LogP contribution in [0.3, 0.4) is 0 Å². The highest BCUT2D eigenvalue weighted by atomic mass is 79.9. The van der Waals surface area contributed by atoms with E-state index in [2.05, 4.69) is 21.2 Å². The van der Waals surface area contributed by atoms with Crippen LogP contribution in [0.2, 0.25) is 0 Å². The summed E-state index contributed by atoms with van der Waals surface area (Å²) >= 11 is 9.09. The van der Waals surface area contributed by atoms with Crippen molar-refractivity contribution in [3.05, 3.63) is 33.4 Å². The molecule has 0 radical (unpaired) electrons. The van der Waals surface area contributed by atoms with Crippen molar-refractivity contribution in [2.24, 2.45) is 0 Å². The van der Waals surface area contributed by atoms with Crippen LogP contribution in [0.15, 0.2) is 27.9 Å². The Morgan fingerprint density at radius 1 is 1.32 bits per heavy atom. The molecule has 1 aliphatic heterocycles. The SMILES string of the molecule is CCN1C(=S)NC(c2cc(Br)cc(OC)c2OC)C2=C1CCCC2=O. The predicted molar refractivity (Wildman–Crippen MR) is 104 cm³/mol. The van der Waals surface area contributed by atoms with Crippen molar-refractivity contribution in [3.63, 3.8) is 0 Å². The van der Waals surface area contributed by atoms with Gasteiger partial charge in [0.1, 0.15) is 0 Å². The molecule has 7 heteroatoms. The third kappa shape index (κ3) is 3.15. The third-order valence-electron chi connectivity index (χ3n) is 4.66. The number of allylic oxidation sites excluding steroid dienone is 1. The molecule has 0 saturated heterocycles. The number of methoxy groups -OCH3 is 2. The van der Waals surface area contributed by atoms with Gasteiger partial charge < -0.3 is 19.7 Å². The van der Waals surface area contributed by atoms with Crippen molar-refractivity contribution in [1.29, 1.82) is 0 Å². The molecule has 1 heterocycles. The Morgan fingerprint density at radius 3 is 2.72 bits per heavy atom. The standard InChI is InChI=1S/C18H21BrN2O3S/c1-4-21-12-6-5-7-13(22)15(12)16(20-18(21)25)11-8-10(19)9-14(23-2)17(11)24-3/h8-9,16H,4-7H2,1-3H3,(H,20,25). The minimum absolute atomic E-state index is 0.167.